The molecule has 0 aliphatic carbocycles. The topological polar surface area (TPSA) is 88.9 Å². The van der Waals surface area contributed by atoms with Crippen molar-refractivity contribution < 1.29 is 23.5 Å². The Morgan fingerprint density at radius 1 is 1.28 bits per heavy atom. The van der Waals surface area contributed by atoms with Gasteiger partial charge in [-0.1, -0.05) is 19.1 Å². The molecule has 1 aromatic heterocycles. The molecule has 0 aliphatic rings. The van der Waals surface area contributed by atoms with Crippen molar-refractivity contribution in [3.63, 3.8) is 0 Å². The van der Waals surface area contributed by atoms with Crippen LogP contribution in [0, 0.1) is 0 Å². The predicted molar refractivity (Wildman–Crippen MR) is 92.0 cm³/mol. The molecule has 134 valence electrons. The monoisotopic (exact) mass is 346 g/mol. The minimum absolute atomic E-state index is 0.0188. The summed E-state index contributed by atoms with van der Waals surface area (Å²) in [6.45, 7) is 1.57. The molecule has 7 nitrogen and oxygen atoms in total. The SMILES string of the molecule is CCc1ccc2c(CC(=O)OCC(=O)N(C)CC(=O)NC)coc2c1. The largest absolute Gasteiger partial charge is 0.464 e. The van der Waals surface area contributed by atoms with E-state index in [1.54, 1.807) is 0 Å². The zero-order valence-corrected chi connectivity index (χ0v) is 14.6. The van der Waals surface area contributed by atoms with Gasteiger partial charge in [0.25, 0.3) is 5.91 Å². The summed E-state index contributed by atoms with van der Waals surface area (Å²) in [5, 5.41) is 3.28. The predicted octanol–water partition coefficient (Wildman–Crippen LogP) is 1.29. The number of rotatable bonds is 7. The third kappa shape index (κ3) is 4.82. The van der Waals surface area contributed by atoms with Crippen molar-refractivity contribution in [1.29, 1.82) is 0 Å². The molecule has 2 amide bonds. The molecule has 1 N–H and O–H groups in total. The number of amides is 2. The number of fused-ring (bicyclic) bond motifs is 1. The molecule has 2 rings (SSSR count). The molecule has 25 heavy (non-hydrogen) atoms. The van der Waals surface area contributed by atoms with Crippen molar-refractivity contribution in [3.05, 3.63) is 35.6 Å². The van der Waals surface area contributed by atoms with Gasteiger partial charge in [0.05, 0.1) is 19.2 Å². The standard InChI is InChI=1S/C18H22N2O5/c1-4-12-5-6-14-13(10-24-15(14)7-12)8-18(23)25-11-17(22)20(3)9-16(21)19-2/h5-7,10H,4,8-9,11H2,1-3H3,(H,19,21). The van der Waals surface area contributed by atoms with Gasteiger partial charge in [0.1, 0.15) is 5.58 Å². The van der Waals surface area contributed by atoms with E-state index >= 15 is 0 Å². The Labute approximate surface area is 145 Å². The Hall–Kier alpha value is -2.83. The zero-order valence-electron chi connectivity index (χ0n) is 14.6. The van der Waals surface area contributed by atoms with E-state index in [1.807, 2.05) is 18.2 Å². The van der Waals surface area contributed by atoms with E-state index in [0.29, 0.717) is 5.56 Å². The molecule has 0 fully saturated rings. The Morgan fingerprint density at radius 3 is 2.72 bits per heavy atom. The first kappa shape index (κ1) is 18.5. The first-order chi connectivity index (χ1) is 11.9. The Morgan fingerprint density at radius 2 is 2.04 bits per heavy atom. The maximum Gasteiger partial charge on any atom is 0.310 e. The lowest BCUT2D eigenvalue weighted by Gasteiger charge is -2.15. The van der Waals surface area contributed by atoms with Crippen LogP contribution < -0.4 is 5.32 Å². The van der Waals surface area contributed by atoms with Crippen LogP contribution in [0.15, 0.2) is 28.9 Å². The number of esters is 1. The second kappa shape index (κ2) is 8.32. The highest BCUT2D eigenvalue weighted by Gasteiger charge is 2.16. The minimum atomic E-state index is -0.524. The van der Waals surface area contributed by atoms with E-state index in [4.69, 9.17) is 9.15 Å². The van der Waals surface area contributed by atoms with E-state index in [-0.39, 0.29) is 18.9 Å². The highest BCUT2D eigenvalue weighted by Crippen LogP contribution is 2.23. The summed E-state index contributed by atoms with van der Waals surface area (Å²) in [4.78, 5) is 36.2. The number of likely N-dealkylation sites (N-methyl/N-ethyl adjacent to an activating group) is 2. The van der Waals surface area contributed by atoms with Gasteiger partial charge in [-0.05, 0) is 18.1 Å². The summed E-state index contributed by atoms with van der Waals surface area (Å²) in [6.07, 6.45) is 2.45. The number of benzene rings is 1. The molecule has 7 heteroatoms. The Bertz CT molecular complexity index is 781. The lowest BCUT2D eigenvalue weighted by atomic mass is 10.1. The fraction of sp³-hybridized carbons (Fsp3) is 0.389. The van der Waals surface area contributed by atoms with Crippen LogP contribution in [0.1, 0.15) is 18.1 Å². The molecule has 0 aliphatic heterocycles. The molecule has 0 bridgehead atoms. The Kier molecular flexibility index (Phi) is 6.16. The van der Waals surface area contributed by atoms with Crippen LogP contribution in [0.3, 0.4) is 0 Å². The minimum Gasteiger partial charge on any atom is -0.464 e. The highest BCUT2D eigenvalue weighted by molar-refractivity contribution is 5.88. The first-order valence-corrected chi connectivity index (χ1v) is 8.03. The average molecular weight is 346 g/mol. The lowest BCUT2D eigenvalue weighted by Crippen LogP contribution is -2.39. The normalized spacial score (nSPS) is 10.5. The molecule has 0 atom stereocenters. The zero-order chi connectivity index (χ0) is 18.4. The molecule has 2 aromatic rings. The maximum absolute atomic E-state index is 12.0. The molecule has 1 heterocycles. The number of hydrogen-bond acceptors (Lipinski definition) is 5. The highest BCUT2D eigenvalue weighted by atomic mass is 16.5. The second-order valence-electron chi connectivity index (χ2n) is 5.71. The summed E-state index contributed by atoms with van der Waals surface area (Å²) < 4.78 is 10.5. The number of hydrogen-bond donors (Lipinski definition) is 1. The molecule has 0 saturated carbocycles. The quantitative estimate of drug-likeness (QED) is 0.763. The summed E-state index contributed by atoms with van der Waals surface area (Å²) >= 11 is 0. The van der Waals surface area contributed by atoms with Crippen molar-refractivity contribution in [2.24, 2.45) is 0 Å². The van der Waals surface area contributed by atoms with Crippen molar-refractivity contribution in [2.45, 2.75) is 19.8 Å². The van der Waals surface area contributed by atoms with Crippen LogP contribution in [0.5, 0.6) is 0 Å². The number of furan rings is 1. The van der Waals surface area contributed by atoms with Gasteiger partial charge in [0.2, 0.25) is 5.91 Å². The first-order valence-electron chi connectivity index (χ1n) is 8.03. The summed E-state index contributed by atoms with van der Waals surface area (Å²) in [5.41, 5.74) is 2.60. The van der Waals surface area contributed by atoms with E-state index < -0.39 is 18.5 Å². The summed E-state index contributed by atoms with van der Waals surface area (Å²) in [7, 11) is 2.96. The smallest absolute Gasteiger partial charge is 0.310 e. The number of carbonyl (C=O) groups is 3. The number of nitrogens with one attached hydrogen (secondary N) is 1. The molecule has 0 spiro atoms. The Balaban J connectivity index is 1.90. The fourth-order valence-corrected chi connectivity index (χ4v) is 2.33. The van der Waals surface area contributed by atoms with Gasteiger partial charge in [-0.25, -0.2) is 0 Å². The van der Waals surface area contributed by atoms with Crippen LogP contribution in [-0.2, 0) is 32.0 Å². The third-order valence-electron chi connectivity index (χ3n) is 3.91. The van der Waals surface area contributed by atoms with Gasteiger partial charge >= 0.3 is 5.97 Å². The maximum atomic E-state index is 12.0. The number of ether oxygens (including phenoxy) is 1. The number of nitrogens with zero attached hydrogens (tertiary/aromatic N) is 1. The van der Waals surface area contributed by atoms with Crippen LogP contribution in [0.25, 0.3) is 11.0 Å². The average Bonchev–Trinajstić information content (AvgIpc) is 3.01. The van der Waals surface area contributed by atoms with Crippen molar-refractivity contribution in [1.82, 2.24) is 10.2 Å². The van der Waals surface area contributed by atoms with Crippen molar-refractivity contribution >= 4 is 28.8 Å². The third-order valence-corrected chi connectivity index (χ3v) is 3.91. The van der Waals surface area contributed by atoms with E-state index in [2.05, 4.69) is 12.2 Å². The van der Waals surface area contributed by atoms with Gasteiger partial charge in [-0.2, -0.15) is 0 Å². The number of carbonyl (C=O) groups excluding carboxylic acids is 3. The van der Waals surface area contributed by atoms with Crippen molar-refractivity contribution in [3.8, 4) is 0 Å². The summed E-state index contributed by atoms with van der Waals surface area (Å²) in [5.74, 6) is -1.26. The molecular formula is C18H22N2O5. The van der Waals surface area contributed by atoms with E-state index in [9.17, 15) is 14.4 Å². The van der Waals surface area contributed by atoms with Crippen LogP contribution in [-0.4, -0.2) is 49.9 Å². The van der Waals surface area contributed by atoms with Gasteiger partial charge in [-0.3, -0.25) is 14.4 Å². The van der Waals surface area contributed by atoms with Crippen LogP contribution in [0.2, 0.25) is 0 Å². The molecule has 0 unspecified atom stereocenters. The van der Waals surface area contributed by atoms with Gasteiger partial charge < -0.3 is 19.4 Å². The van der Waals surface area contributed by atoms with Crippen LogP contribution in [0.4, 0.5) is 0 Å². The molecule has 0 saturated heterocycles. The van der Waals surface area contributed by atoms with Gasteiger partial charge in [-0.15, -0.1) is 0 Å². The molecule has 0 radical (unpaired) electrons. The summed E-state index contributed by atoms with van der Waals surface area (Å²) in [6, 6.07) is 5.86. The van der Waals surface area contributed by atoms with Crippen LogP contribution >= 0.6 is 0 Å². The molecule has 1 aromatic carbocycles. The second-order valence-corrected chi connectivity index (χ2v) is 5.71. The molecular weight excluding hydrogens is 324 g/mol. The van der Waals surface area contributed by atoms with E-state index in [1.165, 1.54) is 25.3 Å². The van der Waals surface area contributed by atoms with Crippen molar-refractivity contribution in [2.75, 3.05) is 27.2 Å². The number of aryl methyl sites for hydroxylation is 1. The van der Waals surface area contributed by atoms with E-state index in [0.717, 1.165) is 23.0 Å². The lowest BCUT2D eigenvalue weighted by molar-refractivity contribution is -0.151. The van der Waals surface area contributed by atoms with Gasteiger partial charge in [0, 0.05) is 25.0 Å². The van der Waals surface area contributed by atoms with Gasteiger partial charge in [0.15, 0.2) is 6.61 Å². The fourth-order valence-electron chi connectivity index (χ4n) is 2.33.